The van der Waals surface area contributed by atoms with E-state index in [4.69, 9.17) is 9.84 Å². The van der Waals surface area contributed by atoms with E-state index in [1.54, 1.807) is 7.11 Å². The molecule has 1 aliphatic heterocycles. The first-order valence-corrected chi connectivity index (χ1v) is 12.5. The number of fused-ring (bicyclic) bond motifs is 1. The Kier molecular flexibility index (Phi) is 6.62. The Hall–Kier alpha value is -3.16. The molecule has 184 valence electrons. The molecular formula is C28H35N5O2. The van der Waals surface area contributed by atoms with Crippen molar-refractivity contribution >= 4 is 11.8 Å². The second-order valence-corrected chi connectivity index (χ2v) is 10.3. The van der Waals surface area contributed by atoms with E-state index in [0.29, 0.717) is 6.61 Å². The second-order valence-electron chi connectivity index (χ2n) is 10.3. The first-order valence-electron chi connectivity index (χ1n) is 12.5. The molecule has 5 rings (SSSR count). The Morgan fingerprint density at radius 2 is 1.80 bits per heavy atom. The van der Waals surface area contributed by atoms with Crippen LogP contribution in [0.3, 0.4) is 0 Å². The number of amides is 2. The van der Waals surface area contributed by atoms with Crippen LogP contribution in [0.15, 0.2) is 60.7 Å². The Morgan fingerprint density at radius 1 is 1.09 bits per heavy atom. The number of benzene rings is 2. The number of methoxy groups -OCH3 is 1. The Labute approximate surface area is 207 Å². The van der Waals surface area contributed by atoms with E-state index in [2.05, 4.69) is 53.6 Å². The summed E-state index contributed by atoms with van der Waals surface area (Å²) in [4.78, 5) is 15.8. The fourth-order valence-electron chi connectivity index (χ4n) is 5.46. The zero-order chi connectivity index (χ0) is 24.4. The normalized spacial score (nSPS) is 21.1. The van der Waals surface area contributed by atoms with Crippen LogP contribution in [-0.4, -0.2) is 60.1 Å². The Morgan fingerprint density at radius 3 is 2.51 bits per heavy atom. The predicted molar refractivity (Wildman–Crippen MR) is 138 cm³/mol. The average molecular weight is 474 g/mol. The quantitative estimate of drug-likeness (QED) is 0.536. The van der Waals surface area contributed by atoms with Crippen molar-refractivity contribution in [3.63, 3.8) is 0 Å². The lowest BCUT2D eigenvalue weighted by Gasteiger charge is -2.21. The fourth-order valence-corrected chi connectivity index (χ4v) is 5.46. The molecule has 2 heterocycles. The summed E-state index contributed by atoms with van der Waals surface area (Å²) in [6, 6.07) is 20.3. The summed E-state index contributed by atoms with van der Waals surface area (Å²) in [6.07, 6.45) is 1.94. The van der Waals surface area contributed by atoms with Crippen molar-refractivity contribution in [3.8, 4) is 5.69 Å². The molecule has 1 saturated heterocycles. The van der Waals surface area contributed by atoms with Crippen molar-refractivity contribution in [2.24, 2.45) is 0 Å². The Bertz CT molecular complexity index is 1160. The van der Waals surface area contributed by atoms with Crippen LogP contribution in [-0.2, 0) is 16.6 Å². The summed E-state index contributed by atoms with van der Waals surface area (Å²) in [6.45, 7) is 7.66. The van der Waals surface area contributed by atoms with Gasteiger partial charge in [0.2, 0.25) is 0 Å². The molecule has 0 saturated carbocycles. The molecule has 2 amide bonds. The SMILES string of the molecule is COCCN1C[C@@H](NC(=O)Nc2c3c(nn2-c2ccccc2)C(C)(C)CC3)[C@H](c2ccccc2)C1. The first kappa shape index (κ1) is 23.6. The summed E-state index contributed by atoms with van der Waals surface area (Å²) in [5.41, 5.74) is 4.40. The van der Waals surface area contributed by atoms with Crippen LogP contribution in [0.2, 0.25) is 0 Å². The third-order valence-electron chi connectivity index (χ3n) is 7.41. The molecular weight excluding hydrogens is 438 g/mol. The number of ether oxygens (including phenoxy) is 1. The van der Waals surface area contributed by atoms with Gasteiger partial charge in [-0.05, 0) is 30.5 Å². The maximum atomic E-state index is 13.4. The summed E-state index contributed by atoms with van der Waals surface area (Å²) in [5.74, 6) is 1.00. The van der Waals surface area contributed by atoms with Crippen LogP contribution in [0.5, 0.6) is 0 Å². The molecule has 2 N–H and O–H groups in total. The largest absolute Gasteiger partial charge is 0.383 e. The number of rotatable bonds is 7. The molecule has 2 atom stereocenters. The van der Waals surface area contributed by atoms with Gasteiger partial charge in [0.1, 0.15) is 5.82 Å². The van der Waals surface area contributed by atoms with Crippen LogP contribution in [0.25, 0.3) is 5.69 Å². The summed E-state index contributed by atoms with van der Waals surface area (Å²) < 4.78 is 7.18. The molecule has 35 heavy (non-hydrogen) atoms. The number of carbonyl (C=O) groups is 1. The fraction of sp³-hybridized carbons (Fsp3) is 0.429. The van der Waals surface area contributed by atoms with E-state index >= 15 is 0 Å². The van der Waals surface area contributed by atoms with Crippen molar-refractivity contribution in [2.75, 3.05) is 38.7 Å². The monoisotopic (exact) mass is 473 g/mol. The minimum atomic E-state index is -0.186. The zero-order valence-electron chi connectivity index (χ0n) is 20.8. The summed E-state index contributed by atoms with van der Waals surface area (Å²) in [5, 5.41) is 11.4. The van der Waals surface area contributed by atoms with Crippen molar-refractivity contribution in [1.82, 2.24) is 20.0 Å². The van der Waals surface area contributed by atoms with Gasteiger partial charge in [0, 0.05) is 43.6 Å². The molecule has 1 aliphatic carbocycles. The third kappa shape index (κ3) is 4.83. The van der Waals surface area contributed by atoms with Crippen LogP contribution in [0.1, 0.15) is 43.0 Å². The number of nitrogens with one attached hydrogen (secondary N) is 2. The molecule has 0 bridgehead atoms. The highest BCUT2D eigenvalue weighted by molar-refractivity contribution is 5.90. The van der Waals surface area contributed by atoms with E-state index < -0.39 is 0 Å². The van der Waals surface area contributed by atoms with Crippen LogP contribution < -0.4 is 10.6 Å². The summed E-state index contributed by atoms with van der Waals surface area (Å²) >= 11 is 0. The lowest BCUT2D eigenvalue weighted by molar-refractivity contribution is 0.159. The van der Waals surface area contributed by atoms with Crippen molar-refractivity contribution in [2.45, 2.75) is 44.1 Å². The van der Waals surface area contributed by atoms with Crippen LogP contribution in [0.4, 0.5) is 10.6 Å². The number of nitrogens with zero attached hydrogens (tertiary/aromatic N) is 3. The number of urea groups is 1. The maximum absolute atomic E-state index is 13.4. The topological polar surface area (TPSA) is 71.4 Å². The first-order chi connectivity index (χ1) is 17.0. The van der Waals surface area contributed by atoms with Crippen molar-refractivity contribution < 1.29 is 9.53 Å². The highest BCUT2D eigenvalue weighted by Crippen LogP contribution is 2.42. The minimum Gasteiger partial charge on any atom is -0.383 e. The molecule has 1 fully saturated rings. The maximum Gasteiger partial charge on any atom is 0.320 e. The van der Waals surface area contributed by atoms with Gasteiger partial charge >= 0.3 is 6.03 Å². The highest BCUT2D eigenvalue weighted by atomic mass is 16.5. The third-order valence-corrected chi connectivity index (χ3v) is 7.41. The van der Waals surface area contributed by atoms with Crippen LogP contribution in [0, 0.1) is 0 Å². The van der Waals surface area contributed by atoms with E-state index in [9.17, 15) is 4.79 Å². The Balaban J connectivity index is 1.39. The lowest BCUT2D eigenvalue weighted by Crippen LogP contribution is -2.42. The van der Waals surface area contributed by atoms with Gasteiger partial charge in [0.05, 0.1) is 24.0 Å². The number of aromatic nitrogens is 2. The van der Waals surface area contributed by atoms with E-state index in [1.807, 2.05) is 41.1 Å². The van der Waals surface area contributed by atoms with E-state index in [-0.39, 0.29) is 23.4 Å². The molecule has 1 aromatic heterocycles. The van der Waals surface area contributed by atoms with Gasteiger partial charge in [-0.2, -0.15) is 5.10 Å². The van der Waals surface area contributed by atoms with Gasteiger partial charge in [0.15, 0.2) is 0 Å². The summed E-state index contributed by atoms with van der Waals surface area (Å²) in [7, 11) is 1.73. The number of carbonyl (C=O) groups excluding carboxylic acids is 1. The average Bonchev–Trinajstić information content (AvgIpc) is 3.52. The standard InChI is InChI=1S/C28H35N5O2/c1-28(2)15-14-22-25(28)31-33(21-12-8-5-9-13-21)26(22)30-27(34)29-24-19-32(16-17-35-3)18-23(24)20-10-6-4-7-11-20/h4-13,23-24H,14-19H2,1-3H3,(H2,29,30,34)/t23-,24+/m0/s1. The smallest absolute Gasteiger partial charge is 0.320 e. The number of hydrogen-bond donors (Lipinski definition) is 2. The minimum absolute atomic E-state index is 0.00597. The molecule has 0 spiro atoms. The van der Waals surface area contributed by atoms with E-state index in [0.717, 1.165) is 55.2 Å². The number of para-hydroxylation sites is 1. The van der Waals surface area contributed by atoms with E-state index in [1.165, 1.54) is 5.56 Å². The van der Waals surface area contributed by atoms with Crippen molar-refractivity contribution in [3.05, 3.63) is 77.5 Å². The predicted octanol–water partition coefficient (Wildman–Crippen LogP) is 4.33. The van der Waals surface area contributed by atoms with Gasteiger partial charge in [-0.25, -0.2) is 9.48 Å². The number of hydrogen-bond acceptors (Lipinski definition) is 4. The molecule has 3 aromatic rings. The second kappa shape index (κ2) is 9.84. The molecule has 0 unspecified atom stereocenters. The number of likely N-dealkylation sites (tertiary alicyclic amines) is 1. The van der Waals surface area contributed by atoms with Gasteiger partial charge in [0.25, 0.3) is 0 Å². The highest BCUT2D eigenvalue weighted by Gasteiger charge is 2.38. The zero-order valence-corrected chi connectivity index (χ0v) is 20.8. The molecule has 7 nitrogen and oxygen atoms in total. The van der Waals surface area contributed by atoms with Gasteiger partial charge < -0.3 is 10.1 Å². The molecule has 7 heteroatoms. The van der Waals surface area contributed by atoms with Crippen LogP contribution >= 0.6 is 0 Å². The molecule has 0 radical (unpaired) electrons. The van der Waals surface area contributed by atoms with Gasteiger partial charge in [-0.3, -0.25) is 10.2 Å². The van der Waals surface area contributed by atoms with Crippen molar-refractivity contribution in [1.29, 1.82) is 0 Å². The molecule has 2 aromatic carbocycles. The van der Waals surface area contributed by atoms with Gasteiger partial charge in [-0.1, -0.05) is 62.4 Å². The van der Waals surface area contributed by atoms with Gasteiger partial charge in [-0.15, -0.1) is 0 Å². The number of anilines is 1. The molecule has 2 aliphatic rings. The lowest BCUT2D eigenvalue weighted by atomic mass is 9.91.